The number of hydrogen-bond donors (Lipinski definition) is 1. The molecular formula is C19H20ClF2NO4. The van der Waals surface area contributed by atoms with Crippen LogP contribution < -0.4 is 4.74 Å². The number of halogens is 3. The second-order valence-electron chi connectivity index (χ2n) is 6.94. The molecule has 1 aliphatic carbocycles. The number of carboxylic acid groups (broad SMARTS) is 1. The summed E-state index contributed by atoms with van der Waals surface area (Å²) >= 11 is 5.63. The molecule has 0 spiro atoms. The lowest BCUT2D eigenvalue weighted by Gasteiger charge is -2.30. The largest absolute Gasteiger partial charge is 0.480 e. The molecule has 2 aliphatic rings. The van der Waals surface area contributed by atoms with Crippen LogP contribution in [0.2, 0.25) is 5.02 Å². The number of nitrogens with zero attached hydrogens (tertiary/aromatic N) is 1. The van der Waals surface area contributed by atoms with Crippen LogP contribution in [0.3, 0.4) is 0 Å². The van der Waals surface area contributed by atoms with Crippen molar-refractivity contribution in [1.29, 1.82) is 0 Å². The molecule has 5 nitrogen and oxygen atoms in total. The van der Waals surface area contributed by atoms with Gasteiger partial charge in [-0.05, 0) is 24.5 Å². The van der Waals surface area contributed by atoms with Gasteiger partial charge in [-0.15, -0.1) is 0 Å². The zero-order valence-electron chi connectivity index (χ0n) is 14.6. The van der Waals surface area contributed by atoms with E-state index in [1.807, 2.05) is 0 Å². The highest BCUT2D eigenvalue weighted by Gasteiger charge is 2.36. The molecule has 3 rings (SSSR count). The van der Waals surface area contributed by atoms with Gasteiger partial charge in [-0.2, -0.15) is 0 Å². The van der Waals surface area contributed by atoms with E-state index in [2.05, 4.69) is 0 Å². The van der Waals surface area contributed by atoms with Gasteiger partial charge in [0.05, 0.1) is 11.6 Å². The molecule has 8 heteroatoms. The lowest BCUT2D eigenvalue weighted by molar-refractivity contribution is -0.148. The van der Waals surface area contributed by atoms with Crippen molar-refractivity contribution in [2.75, 3.05) is 6.54 Å². The van der Waals surface area contributed by atoms with Crippen molar-refractivity contribution in [3.05, 3.63) is 40.6 Å². The predicted molar refractivity (Wildman–Crippen MR) is 94.4 cm³/mol. The number of rotatable bonds is 6. The molecule has 1 aliphatic heterocycles. The van der Waals surface area contributed by atoms with E-state index < -0.39 is 35.3 Å². The van der Waals surface area contributed by atoms with Crippen LogP contribution in [-0.4, -0.2) is 34.5 Å². The highest BCUT2D eigenvalue weighted by atomic mass is 35.5. The van der Waals surface area contributed by atoms with Gasteiger partial charge in [0.2, 0.25) is 0 Å². The minimum atomic E-state index is -1.09. The lowest BCUT2D eigenvalue weighted by Crippen LogP contribution is -2.44. The fourth-order valence-corrected chi connectivity index (χ4v) is 3.82. The Bertz CT molecular complexity index is 777. The molecule has 1 atom stereocenters. The molecule has 1 heterocycles. The highest BCUT2D eigenvalue weighted by molar-refractivity contribution is 6.30. The zero-order chi connectivity index (χ0) is 19.6. The third kappa shape index (κ3) is 4.40. The third-order valence-electron chi connectivity index (χ3n) is 5.07. The molecule has 0 saturated heterocycles. The highest BCUT2D eigenvalue weighted by Crippen LogP contribution is 2.32. The molecule has 0 radical (unpaired) electrons. The number of carboxylic acids is 1. The smallest absolute Gasteiger partial charge is 0.326 e. The van der Waals surface area contributed by atoms with Gasteiger partial charge in [0.1, 0.15) is 11.8 Å². The van der Waals surface area contributed by atoms with Crippen molar-refractivity contribution >= 4 is 23.5 Å². The van der Waals surface area contributed by atoms with Crippen LogP contribution in [0.1, 0.15) is 38.5 Å². The molecular weight excluding hydrogens is 380 g/mol. The summed E-state index contributed by atoms with van der Waals surface area (Å²) in [6.07, 6.45) is 6.59. The van der Waals surface area contributed by atoms with Crippen LogP contribution in [-0.2, 0) is 9.59 Å². The van der Waals surface area contributed by atoms with Crippen LogP contribution in [0.5, 0.6) is 5.75 Å². The molecule has 1 fully saturated rings. The van der Waals surface area contributed by atoms with Crippen LogP contribution >= 0.6 is 11.6 Å². The summed E-state index contributed by atoms with van der Waals surface area (Å²) in [6, 6.07) is 1.02. The molecule has 27 heavy (non-hydrogen) atoms. The Balaban J connectivity index is 1.72. The number of aliphatic carboxylic acids is 1. The summed E-state index contributed by atoms with van der Waals surface area (Å²) < 4.78 is 33.0. The average Bonchev–Trinajstić information content (AvgIpc) is 3.00. The summed E-state index contributed by atoms with van der Waals surface area (Å²) in [6.45, 7) is -0.159. The molecule has 1 aromatic rings. The molecule has 0 aromatic heterocycles. The number of amides is 1. The maximum atomic E-state index is 14.0. The molecule has 1 N–H and O–H groups in total. The van der Waals surface area contributed by atoms with E-state index in [9.17, 15) is 23.5 Å². The van der Waals surface area contributed by atoms with E-state index in [1.165, 1.54) is 4.90 Å². The Kier molecular flexibility index (Phi) is 5.99. The maximum Gasteiger partial charge on any atom is 0.326 e. The van der Waals surface area contributed by atoms with Crippen molar-refractivity contribution < 1.29 is 28.2 Å². The first kappa shape index (κ1) is 19.6. The maximum absolute atomic E-state index is 14.0. The fourth-order valence-electron chi connectivity index (χ4n) is 3.67. The predicted octanol–water partition coefficient (Wildman–Crippen LogP) is 4.15. The Morgan fingerprint density at radius 2 is 2.00 bits per heavy atom. The van der Waals surface area contributed by atoms with Gasteiger partial charge >= 0.3 is 5.97 Å². The summed E-state index contributed by atoms with van der Waals surface area (Å²) in [4.78, 5) is 25.2. The van der Waals surface area contributed by atoms with E-state index in [4.69, 9.17) is 16.3 Å². The van der Waals surface area contributed by atoms with Crippen molar-refractivity contribution in [1.82, 2.24) is 4.90 Å². The number of ether oxygens (including phenoxy) is 1. The molecule has 1 saturated carbocycles. The van der Waals surface area contributed by atoms with Crippen LogP contribution in [0.4, 0.5) is 8.78 Å². The quantitative estimate of drug-likeness (QED) is 0.730. The third-order valence-corrected chi connectivity index (χ3v) is 5.36. The van der Waals surface area contributed by atoms with Gasteiger partial charge in [-0.1, -0.05) is 43.7 Å². The molecule has 0 unspecified atom stereocenters. The van der Waals surface area contributed by atoms with Crippen LogP contribution in [0, 0.1) is 17.6 Å². The average molecular weight is 400 g/mol. The van der Waals surface area contributed by atoms with E-state index in [0.29, 0.717) is 6.42 Å². The van der Waals surface area contributed by atoms with Crippen molar-refractivity contribution in [3.8, 4) is 5.75 Å². The van der Waals surface area contributed by atoms with E-state index in [0.717, 1.165) is 50.3 Å². The summed E-state index contributed by atoms with van der Waals surface area (Å²) in [5, 5.41) is 9.28. The number of carbonyl (C=O) groups is 2. The van der Waals surface area contributed by atoms with Gasteiger partial charge < -0.3 is 14.7 Å². The Hall–Kier alpha value is -2.15. The standard InChI is InChI=1S/C19H20ClF2NO4/c20-13-6-7-14(21)18(17(13)22)27-12-9-16(24)23(10-12)15(19(25)26)8-11-4-2-1-3-5-11/h6-7,9,11,15H,1-5,8,10H2,(H,25,26)/t15-/m0/s1. The Morgan fingerprint density at radius 1 is 1.30 bits per heavy atom. The first-order valence-corrected chi connectivity index (χ1v) is 9.30. The lowest BCUT2D eigenvalue weighted by atomic mass is 9.84. The summed E-state index contributed by atoms with van der Waals surface area (Å²) in [7, 11) is 0. The minimum absolute atomic E-state index is 0.0186. The summed E-state index contributed by atoms with van der Waals surface area (Å²) in [5.41, 5.74) is 0. The van der Waals surface area contributed by atoms with E-state index in [-0.39, 0.29) is 23.2 Å². The second kappa shape index (κ2) is 8.25. The summed E-state index contributed by atoms with van der Waals surface area (Å²) in [5.74, 6) is -4.14. The van der Waals surface area contributed by atoms with Crippen LogP contribution in [0.15, 0.2) is 24.0 Å². The van der Waals surface area contributed by atoms with Gasteiger partial charge in [0.15, 0.2) is 17.4 Å². The Labute approximate surface area is 160 Å². The number of hydrogen-bond acceptors (Lipinski definition) is 3. The fraction of sp³-hybridized carbons (Fsp3) is 0.474. The normalized spacial score (nSPS) is 19.1. The molecule has 0 bridgehead atoms. The van der Waals surface area contributed by atoms with Crippen molar-refractivity contribution in [2.24, 2.45) is 5.92 Å². The van der Waals surface area contributed by atoms with E-state index in [1.54, 1.807) is 0 Å². The minimum Gasteiger partial charge on any atom is -0.480 e. The monoisotopic (exact) mass is 399 g/mol. The van der Waals surface area contributed by atoms with Gasteiger partial charge in [-0.25, -0.2) is 13.6 Å². The SMILES string of the molecule is O=C(O)[C@H](CC1CCCCC1)N1CC(Oc2c(F)ccc(Cl)c2F)=CC1=O. The second-order valence-corrected chi connectivity index (χ2v) is 7.35. The topological polar surface area (TPSA) is 66.8 Å². The molecule has 1 amide bonds. The molecule has 146 valence electrons. The zero-order valence-corrected chi connectivity index (χ0v) is 15.3. The van der Waals surface area contributed by atoms with Gasteiger partial charge in [0, 0.05) is 6.08 Å². The van der Waals surface area contributed by atoms with Gasteiger partial charge in [0.25, 0.3) is 5.91 Å². The Morgan fingerprint density at radius 3 is 2.67 bits per heavy atom. The number of benzene rings is 1. The van der Waals surface area contributed by atoms with E-state index >= 15 is 0 Å². The first-order chi connectivity index (χ1) is 12.9. The molecule has 1 aromatic carbocycles. The first-order valence-electron chi connectivity index (χ1n) is 8.92. The van der Waals surface area contributed by atoms with Crippen LogP contribution in [0.25, 0.3) is 0 Å². The van der Waals surface area contributed by atoms with Gasteiger partial charge in [-0.3, -0.25) is 4.79 Å². The van der Waals surface area contributed by atoms with Crippen molar-refractivity contribution in [3.63, 3.8) is 0 Å². The number of carbonyl (C=O) groups excluding carboxylic acids is 1. The van der Waals surface area contributed by atoms with Crippen molar-refractivity contribution in [2.45, 2.75) is 44.6 Å².